The summed E-state index contributed by atoms with van der Waals surface area (Å²) in [6.45, 7) is 1.72. The molecule has 98 valence electrons. The highest BCUT2D eigenvalue weighted by Gasteiger charge is 2.25. The summed E-state index contributed by atoms with van der Waals surface area (Å²) in [5.41, 5.74) is 0.858. The van der Waals surface area contributed by atoms with Crippen LogP contribution in [0.2, 0.25) is 0 Å². The second-order valence-corrected chi connectivity index (χ2v) is 4.70. The minimum Gasteiger partial charge on any atom is -0.320 e. The van der Waals surface area contributed by atoms with Crippen molar-refractivity contribution in [1.29, 1.82) is 0 Å². The average molecular weight is 247 g/mol. The van der Waals surface area contributed by atoms with Crippen molar-refractivity contribution in [1.82, 2.24) is 10.2 Å². The number of likely N-dealkylation sites (tertiary alicyclic amines) is 1. The first-order valence-corrected chi connectivity index (χ1v) is 6.58. The Morgan fingerprint density at radius 1 is 1.33 bits per heavy atom. The van der Waals surface area contributed by atoms with Gasteiger partial charge in [0.1, 0.15) is 0 Å². The van der Waals surface area contributed by atoms with E-state index in [9.17, 15) is 4.79 Å². The van der Waals surface area contributed by atoms with Crippen LogP contribution < -0.4 is 10.6 Å². The van der Waals surface area contributed by atoms with E-state index >= 15 is 0 Å². The summed E-state index contributed by atoms with van der Waals surface area (Å²) in [7, 11) is 1.93. The van der Waals surface area contributed by atoms with E-state index in [-0.39, 0.29) is 6.03 Å². The number of hydrogen-bond acceptors (Lipinski definition) is 2. The van der Waals surface area contributed by atoms with Gasteiger partial charge in [0.25, 0.3) is 0 Å². The molecule has 1 saturated heterocycles. The standard InChI is InChI=1S/C14H21N3O/c1-15-11-13-9-5-6-10-17(13)14(18)16-12-7-3-2-4-8-12/h2-4,7-8,13,15H,5-6,9-11H2,1H3,(H,16,18). The molecular formula is C14H21N3O. The fourth-order valence-corrected chi connectivity index (χ4v) is 2.43. The molecule has 2 rings (SSSR count). The number of rotatable bonds is 3. The number of likely N-dealkylation sites (N-methyl/N-ethyl adjacent to an activating group) is 1. The van der Waals surface area contributed by atoms with E-state index in [4.69, 9.17) is 0 Å². The van der Waals surface area contributed by atoms with Gasteiger partial charge in [-0.1, -0.05) is 18.2 Å². The van der Waals surface area contributed by atoms with Crippen LogP contribution in [0.15, 0.2) is 30.3 Å². The van der Waals surface area contributed by atoms with Crippen molar-refractivity contribution < 1.29 is 4.79 Å². The fourth-order valence-electron chi connectivity index (χ4n) is 2.43. The maximum atomic E-state index is 12.2. The molecule has 2 amide bonds. The second kappa shape index (κ2) is 6.40. The predicted octanol–water partition coefficient (Wildman–Crippen LogP) is 2.29. The van der Waals surface area contributed by atoms with Crippen LogP contribution in [0, 0.1) is 0 Å². The number of hydrogen-bond donors (Lipinski definition) is 2. The van der Waals surface area contributed by atoms with Gasteiger partial charge in [-0.15, -0.1) is 0 Å². The molecule has 0 radical (unpaired) electrons. The zero-order valence-electron chi connectivity index (χ0n) is 10.9. The topological polar surface area (TPSA) is 44.4 Å². The number of carbonyl (C=O) groups excluding carboxylic acids is 1. The summed E-state index contributed by atoms with van der Waals surface area (Å²) in [5.74, 6) is 0. The van der Waals surface area contributed by atoms with Crippen LogP contribution in [0.25, 0.3) is 0 Å². The summed E-state index contributed by atoms with van der Waals surface area (Å²) >= 11 is 0. The van der Waals surface area contributed by atoms with Crippen LogP contribution in [0.3, 0.4) is 0 Å². The third kappa shape index (κ3) is 3.23. The van der Waals surface area contributed by atoms with Gasteiger partial charge in [-0.25, -0.2) is 4.79 Å². The van der Waals surface area contributed by atoms with E-state index < -0.39 is 0 Å². The van der Waals surface area contributed by atoms with Crippen LogP contribution in [0.1, 0.15) is 19.3 Å². The van der Waals surface area contributed by atoms with Gasteiger partial charge < -0.3 is 15.5 Å². The summed E-state index contributed by atoms with van der Waals surface area (Å²) in [5, 5.41) is 6.12. The molecular weight excluding hydrogens is 226 g/mol. The molecule has 1 heterocycles. The first kappa shape index (κ1) is 12.9. The lowest BCUT2D eigenvalue weighted by molar-refractivity contribution is 0.162. The normalized spacial score (nSPS) is 19.6. The highest BCUT2D eigenvalue weighted by molar-refractivity contribution is 5.89. The lowest BCUT2D eigenvalue weighted by atomic mass is 10.0. The molecule has 1 aromatic carbocycles. The molecule has 1 fully saturated rings. The monoisotopic (exact) mass is 247 g/mol. The Balaban J connectivity index is 1.98. The van der Waals surface area contributed by atoms with Crippen molar-refractivity contribution in [2.24, 2.45) is 0 Å². The van der Waals surface area contributed by atoms with Gasteiger partial charge in [-0.3, -0.25) is 0 Å². The Kier molecular flexibility index (Phi) is 4.59. The van der Waals surface area contributed by atoms with Crippen LogP contribution in [0.4, 0.5) is 10.5 Å². The lowest BCUT2D eigenvalue weighted by Gasteiger charge is -2.35. The molecule has 4 heteroatoms. The maximum absolute atomic E-state index is 12.2. The molecule has 1 aliphatic heterocycles. The van der Waals surface area contributed by atoms with E-state index in [1.807, 2.05) is 42.3 Å². The van der Waals surface area contributed by atoms with E-state index in [0.717, 1.165) is 31.6 Å². The highest BCUT2D eigenvalue weighted by Crippen LogP contribution is 2.18. The summed E-state index contributed by atoms with van der Waals surface area (Å²) in [6.07, 6.45) is 3.40. The van der Waals surface area contributed by atoms with Crippen molar-refractivity contribution in [2.45, 2.75) is 25.3 Å². The van der Waals surface area contributed by atoms with Gasteiger partial charge >= 0.3 is 6.03 Å². The first-order valence-electron chi connectivity index (χ1n) is 6.58. The number of anilines is 1. The number of carbonyl (C=O) groups is 1. The van der Waals surface area contributed by atoms with Crippen molar-refractivity contribution in [3.05, 3.63) is 30.3 Å². The van der Waals surface area contributed by atoms with Crippen molar-refractivity contribution in [3.63, 3.8) is 0 Å². The number of urea groups is 1. The Labute approximate surface area is 108 Å². The summed E-state index contributed by atoms with van der Waals surface area (Å²) in [4.78, 5) is 14.2. The summed E-state index contributed by atoms with van der Waals surface area (Å²) in [6, 6.07) is 9.95. The molecule has 2 N–H and O–H groups in total. The van der Waals surface area contributed by atoms with Crippen molar-refractivity contribution >= 4 is 11.7 Å². The van der Waals surface area contributed by atoms with Gasteiger partial charge in [-0.2, -0.15) is 0 Å². The zero-order valence-corrected chi connectivity index (χ0v) is 10.9. The van der Waals surface area contributed by atoms with Gasteiger partial charge in [0.2, 0.25) is 0 Å². The molecule has 0 bridgehead atoms. The van der Waals surface area contributed by atoms with Gasteiger partial charge in [0.15, 0.2) is 0 Å². The highest BCUT2D eigenvalue weighted by atomic mass is 16.2. The third-order valence-electron chi connectivity index (χ3n) is 3.35. The molecule has 0 aromatic heterocycles. The predicted molar refractivity (Wildman–Crippen MR) is 73.7 cm³/mol. The van der Waals surface area contributed by atoms with Crippen LogP contribution >= 0.6 is 0 Å². The molecule has 1 unspecified atom stereocenters. The largest absolute Gasteiger partial charge is 0.322 e. The molecule has 18 heavy (non-hydrogen) atoms. The number of amides is 2. The number of nitrogens with one attached hydrogen (secondary N) is 2. The van der Waals surface area contributed by atoms with Gasteiger partial charge in [0, 0.05) is 24.8 Å². The smallest absolute Gasteiger partial charge is 0.320 e. The molecule has 1 atom stereocenters. The minimum atomic E-state index is 0.0150. The Morgan fingerprint density at radius 3 is 2.83 bits per heavy atom. The molecule has 4 nitrogen and oxygen atoms in total. The lowest BCUT2D eigenvalue weighted by Crippen LogP contribution is -2.49. The Morgan fingerprint density at radius 2 is 2.11 bits per heavy atom. The summed E-state index contributed by atoms with van der Waals surface area (Å²) < 4.78 is 0. The molecule has 1 aromatic rings. The average Bonchev–Trinajstić information content (AvgIpc) is 2.41. The van der Waals surface area contributed by atoms with E-state index in [0.29, 0.717) is 6.04 Å². The second-order valence-electron chi connectivity index (χ2n) is 4.70. The molecule has 0 saturated carbocycles. The number of benzene rings is 1. The van der Waals surface area contributed by atoms with Crippen LogP contribution in [-0.2, 0) is 0 Å². The van der Waals surface area contributed by atoms with Gasteiger partial charge in [0.05, 0.1) is 0 Å². The van der Waals surface area contributed by atoms with E-state index in [1.165, 1.54) is 6.42 Å². The van der Waals surface area contributed by atoms with Crippen LogP contribution in [-0.4, -0.2) is 37.1 Å². The Bertz CT molecular complexity index is 378. The third-order valence-corrected chi connectivity index (χ3v) is 3.35. The number of nitrogens with zero attached hydrogens (tertiary/aromatic N) is 1. The first-order chi connectivity index (χ1) is 8.81. The fraction of sp³-hybridized carbons (Fsp3) is 0.500. The molecule has 0 spiro atoms. The van der Waals surface area contributed by atoms with Crippen LogP contribution in [0.5, 0.6) is 0 Å². The number of para-hydroxylation sites is 1. The quantitative estimate of drug-likeness (QED) is 0.860. The number of piperidine rings is 1. The maximum Gasteiger partial charge on any atom is 0.322 e. The SMILES string of the molecule is CNCC1CCCCN1C(=O)Nc1ccccc1. The van der Waals surface area contributed by atoms with E-state index in [1.54, 1.807) is 0 Å². The molecule has 1 aliphatic rings. The van der Waals surface area contributed by atoms with E-state index in [2.05, 4.69) is 10.6 Å². The van der Waals surface area contributed by atoms with Crippen molar-refractivity contribution in [3.8, 4) is 0 Å². The Hall–Kier alpha value is -1.55. The zero-order chi connectivity index (χ0) is 12.8. The minimum absolute atomic E-state index is 0.0150. The van der Waals surface area contributed by atoms with Gasteiger partial charge in [-0.05, 0) is 38.4 Å². The molecule has 0 aliphatic carbocycles. The van der Waals surface area contributed by atoms with Crippen molar-refractivity contribution in [2.75, 3.05) is 25.5 Å².